The summed E-state index contributed by atoms with van der Waals surface area (Å²) in [6.07, 6.45) is 4.54. The fraction of sp³-hybridized carbons (Fsp3) is 0.529. The summed E-state index contributed by atoms with van der Waals surface area (Å²) in [5.74, 6) is 0.648. The van der Waals surface area contributed by atoms with Crippen molar-refractivity contribution in [1.29, 1.82) is 0 Å². The lowest BCUT2D eigenvalue weighted by molar-refractivity contribution is 0.0948. The van der Waals surface area contributed by atoms with Crippen LogP contribution in [-0.4, -0.2) is 16.9 Å². The molecule has 0 bridgehead atoms. The van der Waals surface area contributed by atoms with Gasteiger partial charge in [-0.25, -0.2) is 4.98 Å². The number of anilines is 1. The number of aryl methyl sites for hydroxylation is 1. The minimum absolute atomic E-state index is 0.0973. The normalized spacial score (nSPS) is 17.7. The third-order valence-corrected chi connectivity index (χ3v) is 5.50. The van der Waals surface area contributed by atoms with Crippen LogP contribution in [-0.2, 0) is 12.8 Å². The zero-order valence-electron chi connectivity index (χ0n) is 13.4. The van der Waals surface area contributed by atoms with Gasteiger partial charge < -0.3 is 11.1 Å². The highest BCUT2D eigenvalue weighted by molar-refractivity contribution is 7.21. The second-order valence-electron chi connectivity index (χ2n) is 6.44. The Bertz CT molecular complexity index is 720. The number of pyridine rings is 1. The van der Waals surface area contributed by atoms with Gasteiger partial charge >= 0.3 is 0 Å². The first-order chi connectivity index (χ1) is 10.5. The van der Waals surface area contributed by atoms with E-state index in [4.69, 9.17) is 10.7 Å². The molecule has 0 aromatic carbocycles. The maximum atomic E-state index is 12.3. The summed E-state index contributed by atoms with van der Waals surface area (Å²) in [6.45, 7) is 6.14. The lowest BCUT2D eigenvalue weighted by Crippen LogP contribution is -2.29. The van der Waals surface area contributed by atoms with E-state index in [0.717, 1.165) is 29.0 Å². The minimum atomic E-state index is -0.0973. The average molecular weight is 317 g/mol. The van der Waals surface area contributed by atoms with Gasteiger partial charge in [0, 0.05) is 17.1 Å². The number of fused-ring (bicyclic) bond motifs is 2. The van der Waals surface area contributed by atoms with Crippen molar-refractivity contribution in [2.24, 2.45) is 5.92 Å². The summed E-state index contributed by atoms with van der Waals surface area (Å²) in [4.78, 5) is 18.5. The highest BCUT2D eigenvalue weighted by atomic mass is 32.1. The predicted molar refractivity (Wildman–Crippen MR) is 92.4 cm³/mol. The third-order valence-electron chi connectivity index (χ3n) is 4.39. The van der Waals surface area contributed by atoms with E-state index in [1.807, 2.05) is 13.8 Å². The highest BCUT2D eigenvalue weighted by Crippen LogP contribution is 2.36. The quantitative estimate of drug-likeness (QED) is 0.910. The molecular weight excluding hydrogens is 294 g/mol. The van der Waals surface area contributed by atoms with Crippen molar-refractivity contribution in [2.45, 2.75) is 52.5 Å². The van der Waals surface area contributed by atoms with Crippen molar-refractivity contribution < 1.29 is 4.79 Å². The lowest BCUT2D eigenvalue weighted by Gasteiger charge is -2.22. The second-order valence-corrected chi connectivity index (χ2v) is 7.44. The number of aromatic nitrogens is 1. The van der Waals surface area contributed by atoms with Crippen LogP contribution in [0.2, 0.25) is 0 Å². The van der Waals surface area contributed by atoms with E-state index < -0.39 is 0 Å². The number of nitrogens with two attached hydrogens (primary N) is 1. The first-order valence-electron chi connectivity index (χ1n) is 8.01. The van der Waals surface area contributed by atoms with Gasteiger partial charge in [0.25, 0.3) is 5.91 Å². The topological polar surface area (TPSA) is 68.0 Å². The number of nitrogen functional groups attached to an aromatic ring is 1. The van der Waals surface area contributed by atoms with Crippen LogP contribution in [0.5, 0.6) is 0 Å². The summed E-state index contributed by atoms with van der Waals surface area (Å²) in [5.41, 5.74) is 9.30. The third kappa shape index (κ3) is 2.70. The molecule has 3 rings (SSSR count). The number of nitrogens with zero attached hydrogens (tertiary/aromatic N) is 1. The molecular formula is C17H23N3OS. The molecule has 2 aromatic rings. The van der Waals surface area contributed by atoms with Crippen LogP contribution in [0.25, 0.3) is 10.2 Å². The van der Waals surface area contributed by atoms with Gasteiger partial charge in [-0.3, -0.25) is 4.79 Å². The molecule has 0 aliphatic heterocycles. The van der Waals surface area contributed by atoms with Gasteiger partial charge in [0.1, 0.15) is 9.71 Å². The molecule has 0 fully saturated rings. The molecule has 3 N–H and O–H groups in total. The van der Waals surface area contributed by atoms with E-state index in [9.17, 15) is 4.79 Å². The summed E-state index contributed by atoms with van der Waals surface area (Å²) >= 11 is 1.41. The van der Waals surface area contributed by atoms with E-state index in [0.29, 0.717) is 10.6 Å². The van der Waals surface area contributed by atoms with Crippen LogP contribution in [0, 0.1) is 5.92 Å². The number of amides is 1. The Labute approximate surface area is 135 Å². The predicted octanol–water partition coefficient (Wildman–Crippen LogP) is 3.53. The van der Waals surface area contributed by atoms with Crippen molar-refractivity contribution in [3.63, 3.8) is 0 Å². The summed E-state index contributed by atoms with van der Waals surface area (Å²) < 4.78 is 0. The monoisotopic (exact) mass is 317 g/mol. The molecule has 2 heterocycles. The maximum absolute atomic E-state index is 12.3. The molecule has 0 unspecified atom stereocenters. The number of nitrogens with one attached hydrogen (secondary N) is 1. The Kier molecular flexibility index (Phi) is 4.08. The van der Waals surface area contributed by atoms with Crippen LogP contribution in [0.15, 0.2) is 6.07 Å². The van der Waals surface area contributed by atoms with E-state index in [1.165, 1.54) is 35.4 Å². The molecule has 0 radical (unpaired) electrons. The molecule has 2 aromatic heterocycles. The van der Waals surface area contributed by atoms with Crippen molar-refractivity contribution >= 4 is 33.1 Å². The van der Waals surface area contributed by atoms with Crippen LogP contribution in [0.4, 0.5) is 5.69 Å². The molecule has 1 atom stereocenters. The summed E-state index contributed by atoms with van der Waals surface area (Å²) in [5, 5.41) is 3.85. The first-order valence-corrected chi connectivity index (χ1v) is 8.82. The van der Waals surface area contributed by atoms with E-state index in [1.54, 1.807) is 0 Å². The second kappa shape index (κ2) is 5.88. The van der Waals surface area contributed by atoms with Gasteiger partial charge in [-0.2, -0.15) is 0 Å². The number of hydrogen-bond acceptors (Lipinski definition) is 4. The highest BCUT2D eigenvalue weighted by Gasteiger charge is 2.23. The van der Waals surface area contributed by atoms with Crippen LogP contribution in [0.1, 0.15) is 54.5 Å². The molecule has 1 aliphatic rings. The number of thiophene rings is 1. The Balaban J connectivity index is 2.02. The molecule has 1 aliphatic carbocycles. The average Bonchev–Trinajstić information content (AvgIpc) is 2.80. The van der Waals surface area contributed by atoms with Gasteiger partial charge in [-0.1, -0.05) is 13.3 Å². The fourth-order valence-corrected chi connectivity index (χ4v) is 4.11. The lowest BCUT2D eigenvalue weighted by atomic mass is 9.85. The number of rotatable bonds is 3. The van der Waals surface area contributed by atoms with Gasteiger partial charge in [0.05, 0.1) is 5.69 Å². The smallest absolute Gasteiger partial charge is 0.263 e. The van der Waals surface area contributed by atoms with Crippen LogP contribution in [0.3, 0.4) is 0 Å². The molecule has 5 heteroatoms. The molecule has 118 valence electrons. The van der Waals surface area contributed by atoms with Gasteiger partial charge in [-0.15, -0.1) is 11.3 Å². The largest absolute Gasteiger partial charge is 0.397 e. The van der Waals surface area contributed by atoms with Gasteiger partial charge in [0.2, 0.25) is 0 Å². The van der Waals surface area contributed by atoms with E-state index >= 15 is 0 Å². The standard InChI is InChI=1S/C17H23N3OS/c1-4-10-5-6-13-11(7-10)8-12-14(18)15(22-17(12)20-13)16(21)19-9(2)3/h8-10H,4-7,18H2,1-3H3,(H,19,21)/t10-/m0/s1. The van der Waals surface area contributed by atoms with Crippen molar-refractivity contribution in [3.05, 3.63) is 22.2 Å². The van der Waals surface area contributed by atoms with E-state index in [-0.39, 0.29) is 11.9 Å². The summed E-state index contributed by atoms with van der Waals surface area (Å²) in [6, 6.07) is 2.26. The molecule has 0 spiro atoms. The molecule has 0 saturated carbocycles. The Morgan fingerprint density at radius 1 is 1.55 bits per heavy atom. The van der Waals surface area contributed by atoms with Crippen LogP contribution < -0.4 is 11.1 Å². The van der Waals surface area contributed by atoms with Crippen molar-refractivity contribution in [2.75, 3.05) is 5.73 Å². The van der Waals surface area contributed by atoms with E-state index in [2.05, 4.69) is 18.3 Å². The SMILES string of the molecule is CC[C@H]1CCc2nc3sc(C(=O)NC(C)C)c(N)c3cc2C1. The fourth-order valence-electron chi connectivity index (χ4n) is 3.11. The Morgan fingerprint density at radius 3 is 3.00 bits per heavy atom. The minimum Gasteiger partial charge on any atom is -0.397 e. The van der Waals surface area contributed by atoms with Crippen LogP contribution >= 0.6 is 11.3 Å². The first kappa shape index (κ1) is 15.3. The van der Waals surface area contributed by atoms with Gasteiger partial charge in [-0.05, 0) is 50.7 Å². The summed E-state index contributed by atoms with van der Waals surface area (Å²) in [7, 11) is 0. The molecule has 22 heavy (non-hydrogen) atoms. The van der Waals surface area contributed by atoms with Gasteiger partial charge in [0.15, 0.2) is 0 Å². The number of hydrogen-bond donors (Lipinski definition) is 2. The molecule has 4 nitrogen and oxygen atoms in total. The molecule has 0 saturated heterocycles. The Morgan fingerprint density at radius 2 is 2.32 bits per heavy atom. The van der Waals surface area contributed by atoms with Crippen molar-refractivity contribution in [1.82, 2.24) is 10.3 Å². The Hall–Kier alpha value is -1.62. The zero-order valence-corrected chi connectivity index (χ0v) is 14.2. The number of carbonyl (C=O) groups is 1. The number of carbonyl (C=O) groups excluding carboxylic acids is 1. The zero-order chi connectivity index (χ0) is 15.9. The maximum Gasteiger partial charge on any atom is 0.263 e. The van der Waals surface area contributed by atoms with Crippen molar-refractivity contribution in [3.8, 4) is 0 Å². The molecule has 1 amide bonds.